The molecule has 0 atom stereocenters. The smallest absolute Gasteiger partial charge is 0.241 e. The first-order chi connectivity index (χ1) is 6.65. The minimum absolute atomic E-state index is 0.0682. The Kier molecular flexibility index (Phi) is 2.27. The topological polar surface area (TPSA) is 46.9 Å². The number of carbonyl (C=O) groups is 1. The van der Waals surface area contributed by atoms with Crippen LogP contribution in [0.15, 0.2) is 6.07 Å². The molecule has 0 aliphatic heterocycles. The van der Waals surface area contributed by atoms with Crippen LogP contribution in [0.25, 0.3) is 0 Å². The van der Waals surface area contributed by atoms with Crippen LogP contribution in [0.1, 0.15) is 24.2 Å². The second-order valence-corrected chi connectivity index (χ2v) is 3.93. The van der Waals surface area contributed by atoms with Crippen LogP contribution in [0.2, 0.25) is 0 Å². The molecule has 4 nitrogen and oxygen atoms in total. The van der Waals surface area contributed by atoms with Crippen molar-refractivity contribution in [3.8, 4) is 0 Å². The number of carbonyl (C=O) groups excluding carboxylic acids is 1. The van der Waals surface area contributed by atoms with Gasteiger partial charge in [0, 0.05) is 11.7 Å². The third kappa shape index (κ3) is 2.13. The Balaban J connectivity index is 1.95. The van der Waals surface area contributed by atoms with E-state index in [1.165, 1.54) is 0 Å². The zero-order valence-electron chi connectivity index (χ0n) is 8.58. The highest BCUT2D eigenvalue weighted by Crippen LogP contribution is 2.18. The van der Waals surface area contributed by atoms with Gasteiger partial charge in [0.2, 0.25) is 5.91 Å². The molecule has 1 N–H and O–H groups in total. The highest BCUT2D eigenvalue weighted by Gasteiger charge is 2.23. The molecule has 4 heteroatoms. The van der Waals surface area contributed by atoms with E-state index >= 15 is 0 Å². The van der Waals surface area contributed by atoms with Gasteiger partial charge in [-0.15, -0.1) is 0 Å². The third-order valence-corrected chi connectivity index (χ3v) is 2.34. The summed E-state index contributed by atoms with van der Waals surface area (Å²) in [6.07, 6.45) is 2.26. The molecule has 0 aromatic carbocycles. The van der Waals surface area contributed by atoms with Gasteiger partial charge in [-0.1, -0.05) is 0 Å². The lowest BCUT2D eigenvalue weighted by Crippen LogP contribution is -2.29. The van der Waals surface area contributed by atoms with Crippen molar-refractivity contribution < 1.29 is 4.79 Å². The molecule has 2 rings (SSSR count). The summed E-state index contributed by atoms with van der Waals surface area (Å²) in [6, 6.07) is 2.41. The van der Waals surface area contributed by atoms with Crippen molar-refractivity contribution in [3.63, 3.8) is 0 Å². The third-order valence-electron chi connectivity index (χ3n) is 2.34. The molecule has 0 unspecified atom stereocenters. The van der Waals surface area contributed by atoms with Gasteiger partial charge in [0.1, 0.15) is 6.54 Å². The number of nitrogens with one attached hydrogen (secondary N) is 1. The van der Waals surface area contributed by atoms with Crippen LogP contribution in [0, 0.1) is 13.8 Å². The maximum absolute atomic E-state index is 11.5. The molecule has 76 valence electrons. The van der Waals surface area contributed by atoms with E-state index in [2.05, 4.69) is 10.4 Å². The number of hydrogen-bond donors (Lipinski definition) is 1. The number of aromatic nitrogens is 2. The van der Waals surface area contributed by atoms with E-state index in [4.69, 9.17) is 0 Å². The van der Waals surface area contributed by atoms with Crippen molar-refractivity contribution >= 4 is 5.91 Å². The zero-order valence-corrected chi connectivity index (χ0v) is 8.58. The summed E-state index contributed by atoms with van der Waals surface area (Å²) in [6.45, 7) is 4.24. The maximum atomic E-state index is 11.5. The summed E-state index contributed by atoms with van der Waals surface area (Å²) < 4.78 is 1.74. The number of nitrogens with zero attached hydrogens (tertiary/aromatic N) is 2. The van der Waals surface area contributed by atoms with Gasteiger partial charge in [-0.05, 0) is 32.8 Å². The van der Waals surface area contributed by atoms with Crippen LogP contribution >= 0.6 is 0 Å². The van der Waals surface area contributed by atoms with Gasteiger partial charge in [0.15, 0.2) is 0 Å². The Bertz CT molecular complexity index is 352. The molecule has 0 saturated heterocycles. The average molecular weight is 193 g/mol. The van der Waals surface area contributed by atoms with Crippen molar-refractivity contribution in [2.75, 3.05) is 0 Å². The zero-order chi connectivity index (χ0) is 10.1. The minimum atomic E-state index is 0.0682. The lowest BCUT2D eigenvalue weighted by Gasteiger charge is -2.04. The first-order valence-corrected chi connectivity index (χ1v) is 4.95. The van der Waals surface area contributed by atoms with Crippen molar-refractivity contribution in [2.24, 2.45) is 0 Å². The molecule has 0 spiro atoms. The monoisotopic (exact) mass is 193 g/mol. The lowest BCUT2D eigenvalue weighted by molar-refractivity contribution is -0.122. The number of amides is 1. The quantitative estimate of drug-likeness (QED) is 0.771. The molecule has 1 aromatic rings. The van der Waals surface area contributed by atoms with Crippen LogP contribution in [0.5, 0.6) is 0 Å². The SMILES string of the molecule is Cc1cc(C)n(CC(=O)NC2CC2)n1. The van der Waals surface area contributed by atoms with Gasteiger partial charge >= 0.3 is 0 Å². The van der Waals surface area contributed by atoms with Gasteiger partial charge in [0.25, 0.3) is 0 Å². The van der Waals surface area contributed by atoms with Gasteiger partial charge in [-0.2, -0.15) is 5.10 Å². The molecule has 0 bridgehead atoms. The molecular weight excluding hydrogens is 178 g/mol. The van der Waals surface area contributed by atoms with E-state index < -0.39 is 0 Å². The summed E-state index contributed by atoms with van der Waals surface area (Å²) in [7, 11) is 0. The number of hydrogen-bond acceptors (Lipinski definition) is 2. The maximum Gasteiger partial charge on any atom is 0.241 e. The normalized spacial score (nSPS) is 15.6. The predicted molar refractivity (Wildman–Crippen MR) is 52.9 cm³/mol. The molecule has 1 amide bonds. The molecule has 1 saturated carbocycles. The fourth-order valence-corrected chi connectivity index (χ4v) is 1.47. The number of rotatable bonds is 3. The predicted octanol–water partition coefficient (Wildman–Crippen LogP) is 0.779. The van der Waals surface area contributed by atoms with Crippen LogP contribution in [-0.4, -0.2) is 21.7 Å². The fraction of sp³-hybridized carbons (Fsp3) is 0.600. The molecule has 1 fully saturated rings. The summed E-state index contributed by atoms with van der Waals surface area (Å²) >= 11 is 0. The van der Waals surface area contributed by atoms with Crippen molar-refractivity contribution in [2.45, 2.75) is 39.3 Å². The minimum Gasteiger partial charge on any atom is -0.352 e. The Morgan fingerprint density at radius 1 is 1.64 bits per heavy atom. The second-order valence-electron chi connectivity index (χ2n) is 3.93. The Morgan fingerprint density at radius 2 is 2.36 bits per heavy atom. The molecular formula is C10H15N3O. The molecule has 14 heavy (non-hydrogen) atoms. The van der Waals surface area contributed by atoms with Crippen LogP contribution in [0.3, 0.4) is 0 Å². The summed E-state index contributed by atoms with van der Waals surface area (Å²) in [5.74, 6) is 0.0682. The summed E-state index contributed by atoms with van der Waals surface area (Å²) in [5, 5.41) is 7.17. The van der Waals surface area contributed by atoms with E-state index in [1.54, 1.807) is 4.68 Å². The van der Waals surface area contributed by atoms with Gasteiger partial charge in [-0.3, -0.25) is 9.48 Å². The van der Waals surface area contributed by atoms with E-state index in [-0.39, 0.29) is 5.91 Å². The molecule has 1 aromatic heterocycles. The largest absolute Gasteiger partial charge is 0.352 e. The Hall–Kier alpha value is -1.32. The van der Waals surface area contributed by atoms with E-state index in [0.717, 1.165) is 24.2 Å². The summed E-state index contributed by atoms with van der Waals surface area (Å²) in [5.41, 5.74) is 2.00. The van der Waals surface area contributed by atoms with Crippen LogP contribution < -0.4 is 5.32 Å². The molecule has 1 heterocycles. The van der Waals surface area contributed by atoms with E-state index in [0.29, 0.717) is 12.6 Å². The standard InChI is InChI=1S/C10H15N3O/c1-7-5-8(2)13(12-7)6-10(14)11-9-3-4-9/h5,9H,3-4,6H2,1-2H3,(H,11,14). The van der Waals surface area contributed by atoms with E-state index in [1.807, 2.05) is 19.9 Å². The first-order valence-electron chi connectivity index (χ1n) is 4.95. The fourth-order valence-electron chi connectivity index (χ4n) is 1.47. The van der Waals surface area contributed by atoms with Gasteiger partial charge in [-0.25, -0.2) is 0 Å². The molecule has 1 aliphatic rings. The Labute approximate surface area is 83.3 Å². The van der Waals surface area contributed by atoms with Crippen molar-refractivity contribution in [1.29, 1.82) is 0 Å². The second kappa shape index (κ2) is 3.44. The van der Waals surface area contributed by atoms with E-state index in [9.17, 15) is 4.79 Å². The first kappa shape index (κ1) is 9.24. The Morgan fingerprint density at radius 3 is 2.86 bits per heavy atom. The van der Waals surface area contributed by atoms with Crippen molar-refractivity contribution in [3.05, 3.63) is 17.5 Å². The van der Waals surface area contributed by atoms with Crippen LogP contribution in [-0.2, 0) is 11.3 Å². The average Bonchev–Trinajstić information content (AvgIpc) is 2.81. The molecule has 0 radical (unpaired) electrons. The summed E-state index contributed by atoms with van der Waals surface area (Å²) in [4.78, 5) is 11.5. The highest BCUT2D eigenvalue weighted by molar-refractivity contribution is 5.76. The van der Waals surface area contributed by atoms with Gasteiger partial charge in [0.05, 0.1) is 5.69 Å². The van der Waals surface area contributed by atoms with Crippen molar-refractivity contribution in [1.82, 2.24) is 15.1 Å². The van der Waals surface area contributed by atoms with Gasteiger partial charge < -0.3 is 5.32 Å². The highest BCUT2D eigenvalue weighted by atomic mass is 16.2. The number of aryl methyl sites for hydroxylation is 2. The molecule has 1 aliphatic carbocycles. The van der Waals surface area contributed by atoms with Crippen LogP contribution in [0.4, 0.5) is 0 Å². The lowest BCUT2D eigenvalue weighted by atomic mass is 10.4.